The van der Waals surface area contributed by atoms with E-state index in [2.05, 4.69) is 64.5 Å². The predicted octanol–water partition coefficient (Wildman–Crippen LogP) is 3.55. The Balaban J connectivity index is 1.16. The summed E-state index contributed by atoms with van der Waals surface area (Å²) >= 11 is 1.78. The third kappa shape index (κ3) is 5.88. The Labute approximate surface area is 182 Å². The molecule has 0 unspecified atom stereocenters. The van der Waals surface area contributed by atoms with Crippen molar-refractivity contribution in [3.05, 3.63) is 65.2 Å². The van der Waals surface area contributed by atoms with Crippen molar-refractivity contribution in [2.24, 2.45) is 0 Å². The van der Waals surface area contributed by atoms with Crippen LogP contribution in [-0.2, 0) is 17.8 Å². The highest BCUT2D eigenvalue weighted by atomic mass is 32.1. The summed E-state index contributed by atoms with van der Waals surface area (Å²) < 4.78 is 1.25. The number of nitrogens with zero attached hydrogens (tertiary/aromatic N) is 3. The van der Waals surface area contributed by atoms with Crippen molar-refractivity contribution < 1.29 is 4.79 Å². The number of carbonyl (C=O) groups is 1. The van der Waals surface area contributed by atoms with Crippen LogP contribution in [0.25, 0.3) is 10.2 Å². The highest BCUT2D eigenvalue weighted by Crippen LogP contribution is 2.23. The van der Waals surface area contributed by atoms with Crippen molar-refractivity contribution in [2.75, 3.05) is 32.7 Å². The van der Waals surface area contributed by atoms with Crippen LogP contribution in [0.4, 0.5) is 0 Å². The fourth-order valence-corrected chi connectivity index (χ4v) is 4.92. The number of benzene rings is 2. The van der Waals surface area contributed by atoms with Gasteiger partial charge in [-0.2, -0.15) is 0 Å². The van der Waals surface area contributed by atoms with Crippen LogP contribution in [0.1, 0.15) is 23.9 Å². The van der Waals surface area contributed by atoms with Gasteiger partial charge in [0.15, 0.2) is 0 Å². The monoisotopic (exact) mass is 422 g/mol. The lowest BCUT2D eigenvalue weighted by Crippen LogP contribution is -2.50. The van der Waals surface area contributed by atoms with Gasteiger partial charge in [-0.1, -0.05) is 42.5 Å². The van der Waals surface area contributed by atoms with Crippen LogP contribution in [0.15, 0.2) is 54.6 Å². The van der Waals surface area contributed by atoms with Crippen LogP contribution >= 0.6 is 11.3 Å². The normalized spacial score (nSPS) is 16.6. The third-order valence-electron chi connectivity index (χ3n) is 5.65. The molecule has 1 saturated heterocycles. The van der Waals surface area contributed by atoms with Gasteiger partial charge in [0, 0.05) is 32.2 Å². The largest absolute Gasteiger partial charge is 0.353 e. The molecule has 2 heterocycles. The van der Waals surface area contributed by atoms with Crippen LogP contribution in [0.3, 0.4) is 0 Å². The first-order valence-corrected chi connectivity index (χ1v) is 11.6. The molecule has 0 bridgehead atoms. The van der Waals surface area contributed by atoms with E-state index in [1.165, 1.54) is 15.3 Å². The summed E-state index contributed by atoms with van der Waals surface area (Å²) in [4.78, 5) is 21.9. The van der Waals surface area contributed by atoms with Crippen LogP contribution in [0, 0.1) is 0 Å². The zero-order chi connectivity index (χ0) is 20.8. The number of para-hydroxylation sites is 1. The van der Waals surface area contributed by atoms with Gasteiger partial charge in [0.2, 0.25) is 5.91 Å². The minimum Gasteiger partial charge on any atom is -0.353 e. The average molecular weight is 423 g/mol. The lowest BCUT2D eigenvalue weighted by molar-refractivity contribution is -0.123. The van der Waals surface area contributed by atoms with Crippen molar-refractivity contribution in [2.45, 2.75) is 32.4 Å². The highest BCUT2D eigenvalue weighted by molar-refractivity contribution is 7.18. The summed E-state index contributed by atoms with van der Waals surface area (Å²) in [5, 5.41) is 4.34. The fraction of sp³-hybridized carbons (Fsp3) is 0.417. The number of amides is 1. The van der Waals surface area contributed by atoms with E-state index < -0.39 is 0 Å². The van der Waals surface area contributed by atoms with Gasteiger partial charge in [-0.25, -0.2) is 4.98 Å². The molecular formula is C24H30N4OS. The molecule has 0 radical (unpaired) electrons. The summed E-state index contributed by atoms with van der Waals surface area (Å²) in [6, 6.07) is 19.0. The molecule has 1 atom stereocenters. The van der Waals surface area contributed by atoms with Gasteiger partial charge in [-0.15, -0.1) is 11.3 Å². The third-order valence-corrected chi connectivity index (χ3v) is 6.67. The van der Waals surface area contributed by atoms with Crippen LogP contribution in [0.5, 0.6) is 0 Å². The standard InChI is InChI=1S/C24H30N4OS/c1-19(11-12-20-7-3-2-4-8-20)25-23(29)17-27-13-15-28(16-14-27)18-24-26-21-9-5-6-10-22(21)30-24/h2-10,19H,11-18H2,1H3,(H,25,29)/t19-/m1/s1. The summed E-state index contributed by atoms with van der Waals surface area (Å²) in [6.45, 7) is 7.30. The van der Waals surface area contributed by atoms with Crippen molar-refractivity contribution >= 4 is 27.5 Å². The number of nitrogens with one attached hydrogen (secondary N) is 1. The first-order chi connectivity index (χ1) is 14.7. The lowest BCUT2D eigenvalue weighted by Gasteiger charge is -2.34. The SMILES string of the molecule is C[C@H](CCc1ccccc1)NC(=O)CN1CCN(Cc2nc3ccccc3s2)CC1. The molecule has 6 heteroatoms. The number of hydrogen-bond acceptors (Lipinski definition) is 5. The molecule has 1 fully saturated rings. The number of rotatable bonds is 8. The van der Waals surface area contributed by atoms with Gasteiger partial charge in [0.05, 0.1) is 23.3 Å². The number of aromatic nitrogens is 1. The van der Waals surface area contributed by atoms with E-state index in [0.717, 1.165) is 51.1 Å². The fourth-order valence-electron chi connectivity index (χ4n) is 3.91. The van der Waals surface area contributed by atoms with E-state index in [4.69, 9.17) is 4.98 Å². The summed E-state index contributed by atoms with van der Waals surface area (Å²) in [6.07, 6.45) is 1.96. The van der Waals surface area contributed by atoms with Gasteiger partial charge in [-0.05, 0) is 37.5 Å². The number of piperazine rings is 1. The van der Waals surface area contributed by atoms with Crippen molar-refractivity contribution in [3.8, 4) is 0 Å². The van der Waals surface area contributed by atoms with Crippen molar-refractivity contribution in [1.82, 2.24) is 20.1 Å². The Hall–Kier alpha value is -2.28. The smallest absolute Gasteiger partial charge is 0.234 e. The number of hydrogen-bond donors (Lipinski definition) is 1. The molecule has 158 valence electrons. The highest BCUT2D eigenvalue weighted by Gasteiger charge is 2.20. The summed E-state index contributed by atoms with van der Waals surface area (Å²) in [7, 11) is 0. The molecule has 1 N–H and O–H groups in total. The van der Waals surface area contributed by atoms with Crippen LogP contribution in [0.2, 0.25) is 0 Å². The Bertz CT molecular complexity index is 917. The van der Waals surface area contributed by atoms with E-state index in [1.54, 1.807) is 11.3 Å². The van der Waals surface area contributed by atoms with E-state index in [0.29, 0.717) is 6.54 Å². The molecule has 0 spiro atoms. The Morgan fingerprint density at radius 2 is 1.73 bits per heavy atom. The molecule has 3 aromatic rings. The number of fused-ring (bicyclic) bond motifs is 1. The number of carbonyl (C=O) groups excluding carboxylic acids is 1. The summed E-state index contributed by atoms with van der Waals surface area (Å²) in [5.74, 6) is 0.134. The number of aryl methyl sites for hydroxylation is 1. The van der Waals surface area contributed by atoms with E-state index >= 15 is 0 Å². The maximum atomic E-state index is 12.4. The Morgan fingerprint density at radius 1 is 1.03 bits per heavy atom. The predicted molar refractivity (Wildman–Crippen MR) is 124 cm³/mol. The van der Waals surface area contributed by atoms with Crippen molar-refractivity contribution in [3.63, 3.8) is 0 Å². The zero-order valence-electron chi connectivity index (χ0n) is 17.6. The van der Waals surface area contributed by atoms with Gasteiger partial charge in [0.1, 0.15) is 5.01 Å². The molecule has 1 aromatic heterocycles. The molecular weight excluding hydrogens is 392 g/mol. The van der Waals surface area contributed by atoms with E-state index in [9.17, 15) is 4.79 Å². The van der Waals surface area contributed by atoms with E-state index in [1.807, 2.05) is 12.1 Å². The second-order valence-corrected chi connectivity index (χ2v) is 9.24. The minimum absolute atomic E-state index is 0.134. The maximum absolute atomic E-state index is 12.4. The van der Waals surface area contributed by atoms with Crippen molar-refractivity contribution in [1.29, 1.82) is 0 Å². The van der Waals surface area contributed by atoms with Gasteiger partial charge in [0.25, 0.3) is 0 Å². The van der Waals surface area contributed by atoms with Crippen LogP contribution in [-0.4, -0.2) is 59.5 Å². The van der Waals surface area contributed by atoms with Gasteiger partial charge >= 0.3 is 0 Å². The molecule has 2 aromatic carbocycles. The maximum Gasteiger partial charge on any atom is 0.234 e. The van der Waals surface area contributed by atoms with Gasteiger partial charge < -0.3 is 5.32 Å². The van der Waals surface area contributed by atoms with Gasteiger partial charge in [-0.3, -0.25) is 14.6 Å². The Kier molecular flexibility index (Phi) is 7.10. The molecule has 1 amide bonds. The lowest BCUT2D eigenvalue weighted by atomic mass is 10.1. The molecule has 30 heavy (non-hydrogen) atoms. The van der Waals surface area contributed by atoms with Crippen LogP contribution < -0.4 is 5.32 Å². The molecule has 5 nitrogen and oxygen atoms in total. The first kappa shape index (κ1) is 21.0. The molecule has 0 saturated carbocycles. The first-order valence-electron chi connectivity index (χ1n) is 10.8. The topological polar surface area (TPSA) is 48.5 Å². The average Bonchev–Trinajstić information content (AvgIpc) is 3.17. The summed E-state index contributed by atoms with van der Waals surface area (Å²) in [5.41, 5.74) is 2.41. The molecule has 1 aliphatic rings. The molecule has 0 aliphatic carbocycles. The second kappa shape index (κ2) is 10.2. The van der Waals surface area contributed by atoms with E-state index in [-0.39, 0.29) is 11.9 Å². The minimum atomic E-state index is 0.134. The quantitative estimate of drug-likeness (QED) is 0.603. The second-order valence-electron chi connectivity index (χ2n) is 8.12. The number of thiazole rings is 1. The molecule has 4 rings (SSSR count). The zero-order valence-corrected chi connectivity index (χ0v) is 18.4. The Morgan fingerprint density at radius 3 is 2.50 bits per heavy atom. The molecule has 1 aliphatic heterocycles.